The zero-order valence-electron chi connectivity index (χ0n) is 21.9. The Labute approximate surface area is 209 Å². The second-order valence-corrected chi connectivity index (χ2v) is 11.6. The summed E-state index contributed by atoms with van der Waals surface area (Å²) >= 11 is 0. The molecular formula is C31H38N2O2. The fraction of sp³-hybridized carbons (Fsp3) is 0.452. The Morgan fingerprint density at radius 2 is 1.49 bits per heavy atom. The van der Waals surface area contributed by atoms with E-state index in [9.17, 15) is 4.79 Å². The van der Waals surface area contributed by atoms with Crippen LogP contribution in [0.1, 0.15) is 79.1 Å². The van der Waals surface area contributed by atoms with Gasteiger partial charge in [0.15, 0.2) is 5.76 Å². The molecule has 0 bridgehead atoms. The minimum absolute atomic E-state index is 0.00555. The van der Waals surface area contributed by atoms with E-state index in [-0.39, 0.29) is 16.7 Å². The lowest BCUT2D eigenvalue weighted by Gasteiger charge is -2.42. The van der Waals surface area contributed by atoms with Gasteiger partial charge in [-0.05, 0) is 77.1 Å². The van der Waals surface area contributed by atoms with Crippen LogP contribution in [0.4, 0.5) is 5.69 Å². The number of para-hydroxylation sites is 1. The van der Waals surface area contributed by atoms with Gasteiger partial charge in [0.05, 0.1) is 0 Å². The Hall–Kier alpha value is -3.01. The van der Waals surface area contributed by atoms with Gasteiger partial charge in [-0.15, -0.1) is 0 Å². The maximum Gasteiger partial charge on any atom is 0.289 e. The number of benzene rings is 2. The standard InChI is InChI=1S/C31H38N2O2/c1-22-19-26-27(31(4,5)14-13-30(26,2)3)21-23(22)20-25-11-12-28(35-25)29(34)33-17-15-32(16-18-33)24-9-7-6-8-10-24/h6-12,19,21H,13-18,20H2,1-5H3. The quantitative estimate of drug-likeness (QED) is 0.437. The van der Waals surface area contributed by atoms with E-state index in [1.165, 1.54) is 40.8 Å². The first-order chi connectivity index (χ1) is 16.6. The van der Waals surface area contributed by atoms with Gasteiger partial charge in [-0.25, -0.2) is 0 Å². The van der Waals surface area contributed by atoms with Gasteiger partial charge in [-0.3, -0.25) is 4.79 Å². The molecule has 0 saturated carbocycles. The van der Waals surface area contributed by atoms with Crippen LogP contribution < -0.4 is 4.90 Å². The molecule has 0 atom stereocenters. The summed E-state index contributed by atoms with van der Waals surface area (Å²) in [7, 11) is 0. The number of fused-ring (bicyclic) bond motifs is 1. The summed E-state index contributed by atoms with van der Waals surface area (Å²) in [5, 5.41) is 0. The van der Waals surface area contributed by atoms with Gasteiger partial charge < -0.3 is 14.2 Å². The third-order valence-electron chi connectivity index (χ3n) is 8.23. The van der Waals surface area contributed by atoms with Gasteiger partial charge in [-0.1, -0.05) is 58.0 Å². The van der Waals surface area contributed by atoms with E-state index in [0.717, 1.165) is 18.8 Å². The number of anilines is 1. The van der Waals surface area contributed by atoms with Crippen molar-refractivity contribution in [2.45, 2.75) is 64.7 Å². The summed E-state index contributed by atoms with van der Waals surface area (Å²) in [5.74, 6) is 1.30. The summed E-state index contributed by atoms with van der Waals surface area (Å²) in [6, 6.07) is 19.0. The van der Waals surface area contributed by atoms with E-state index < -0.39 is 0 Å². The molecule has 2 aromatic carbocycles. The zero-order valence-corrected chi connectivity index (χ0v) is 21.9. The predicted octanol–water partition coefficient (Wildman–Crippen LogP) is 6.49. The van der Waals surface area contributed by atoms with Crippen LogP contribution in [0.25, 0.3) is 0 Å². The lowest BCUT2D eigenvalue weighted by Crippen LogP contribution is -2.48. The van der Waals surface area contributed by atoms with Crippen molar-refractivity contribution in [2.75, 3.05) is 31.1 Å². The van der Waals surface area contributed by atoms with Crippen molar-refractivity contribution in [3.05, 3.63) is 88.4 Å². The fourth-order valence-corrected chi connectivity index (χ4v) is 5.70. The highest BCUT2D eigenvalue weighted by atomic mass is 16.4. The van der Waals surface area contributed by atoms with Gasteiger partial charge in [-0.2, -0.15) is 0 Å². The number of amides is 1. The predicted molar refractivity (Wildman–Crippen MR) is 143 cm³/mol. The molecule has 1 aliphatic heterocycles. The molecule has 1 aliphatic carbocycles. The molecule has 1 fully saturated rings. The average molecular weight is 471 g/mol. The van der Waals surface area contributed by atoms with Crippen LogP contribution in [-0.4, -0.2) is 37.0 Å². The number of hydrogen-bond donors (Lipinski definition) is 0. The van der Waals surface area contributed by atoms with Crippen LogP contribution in [0.15, 0.2) is 59.0 Å². The molecule has 0 N–H and O–H groups in total. The number of carbonyl (C=O) groups excluding carboxylic acids is 1. The SMILES string of the molecule is Cc1cc2c(cc1Cc1ccc(C(=O)N3CCN(c4ccccc4)CC3)o1)C(C)(C)CCC2(C)C. The lowest BCUT2D eigenvalue weighted by atomic mass is 9.62. The fourth-order valence-electron chi connectivity index (χ4n) is 5.70. The number of piperazine rings is 1. The number of carbonyl (C=O) groups is 1. The molecule has 0 radical (unpaired) electrons. The highest BCUT2D eigenvalue weighted by Gasteiger charge is 2.37. The van der Waals surface area contributed by atoms with Crippen molar-refractivity contribution in [2.24, 2.45) is 0 Å². The third-order valence-corrected chi connectivity index (χ3v) is 8.23. The Balaban J connectivity index is 1.29. The maximum absolute atomic E-state index is 13.1. The topological polar surface area (TPSA) is 36.7 Å². The van der Waals surface area contributed by atoms with Crippen LogP contribution >= 0.6 is 0 Å². The highest BCUT2D eigenvalue weighted by Crippen LogP contribution is 2.46. The van der Waals surface area contributed by atoms with E-state index in [2.05, 4.69) is 75.9 Å². The van der Waals surface area contributed by atoms with Crippen molar-refractivity contribution in [1.29, 1.82) is 0 Å². The van der Waals surface area contributed by atoms with Gasteiger partial charge in [0, 0.05) is 38.3 Å². The van der Waals surface area contributed by atoms with Crippen LogP contribution in [0.2, 0.25) is 0 Å². The van der Waals surface area contributed by atoms with E-state index in [1.54, 1.807) is 0 Å². The summed E-state index contributed by atoms with van der Waals surface area (Å²) in [6.45, 7) is 14.7. The highest BCUT2D eigenvalue weighted by molar-refractivity contribution is 5.91. The summed E-state index contributed by atoms with van der Waals surface area (Å²) in [5.41, 5.74) is 7.15. The molecule has 35 heavy (non-hydrogen) atoms. The lowest BCUT2D eigenvalue weighted by molar-refractivity contribution is 0.0713. The van der Waals surface area contributed by atoms with E-state index in [0.29, 0.717) is 25.3 Å². The van der Waals surface area contributed by atoms with E-state index in [1.807, 2.05) is 23.1 Å². The zero-order chi connectivity index (χ0) is 24.8. The summed E-state index contributed by atoms with van der Waals surface area (Å²) in [6.07, 6.45) is 3.13. The second kappa shape index (κ2) is 8.89. The van der Waals surface area contributed by atoms with Crippen LogP contribution in [0, 0.1) is 6.92 Å². The Morgan fingerprint density at radius 3 is 2.14 bits per heavy atom. The Kier molecular flexibility index (Phi) is 6.03. The van der Waals surface area contributed by atoms with E-state index >= 15 is 0 Å². The molecule has 4 nitrogen and oxygen atoms in total. The molecule has 1 amide bonds. The van der Waals surface area contributed by atoms with Crippen LogP contribution in [0.5, 0.6) is 0 Å². The monoisotopic (exact) mass is 470 g/mol. The first-order valence-electron chi connectivity index (χ1n) is 13.0. The molecule has 2 heterocycles. The summed E-state index contributed by atoms with van der Waals surface area (Å²) < 4.78 is 6.10. The molecule has 184 valence electrons. The molecule has 0 unspecified atom stereocenters. The maximum atomic E-state index is 13.1. The van der Waals surface area contributed by atoms with Crippen LogP contribution in [-0.2, 0) is 17.3 Å². The van der Waals surface area contributed by atoms with Crippen molar-refractivity contribution < 1.29 is 9.21 Å². The Bertz CT molecular complexity index is 1210. The first kappa shape index (κ1) is 23.7. The molecule has 3 aromatic rings. The van der Waals surface area contributed by atoms with Crippen LogP contribution in [0.3, 0.4) is 0 Å². The van der Waals surface area contributed by atoms with Crippen molar-refractivity contribution >= 4 is 11.6 Å². The number of nitrogens with zero attached hydrogens (tertiary/aromatic N) is 2. The third kappa shape index (κ3) is 4.63. The van der Waals surface area contributed by atoms with Crippen molar-refractivity contribution in [1.82, 2.24) is 4.90 Å². The van der Waals surface area contributed by atoms with Gasteiger partial charge in [0.1, 0.15) is 5.76 Å². The Morgan fingerprint density at radius 1 is 0.857 bits per heavy atom. The largest absolute Gasteiger partial charge is 0.456 e. The molecule has 2 aliphatic rings. The average Bonchev–Trinajstić information content (AvgIpc) is 3.32. The normalized spacial score (nSPS) is 18.9. The van der Waals surface area contributed by atoms with Gasteiger partial charge in [0.25, 0.3) is 5.91 Å². The number of rotatable bonds is 4. The minimum atomic E-state index is -0.00555. The molecule has 1 aromatic heterocycles. The second-order valence-electron chi connectivity index (χ2n) is 11.6. The molecule has 5 rings (SSSR count). The summed E-state index contributed by atoms with van der Waals surface area (Å²) in [4.78, 5) is 17.4. The molecule has 4 heteroatoms. The van der Waals surface area contributed by atoms with Crippen molar-refractivity contribution in [3.63, 3.8) is 0 Å². The molecule has 0 spiro atoms. The first-order valence-corrected chi connectivity index (χ1v) is 13.0. The number of aryl methyl sites for hydroxylation is 1. The minimum Gasteiger partial charge on any atom is -0.456 e. The smallest absolute Gasteiger partial charge is 0.289 e. The molecule has 1 saturated heterocycles. The number of hydrogen-bond acceptors (Lipinski definition) is 3. The molecular weight excluding hydrogens is 432 g/mol. The van der Waals surface area contributed by atoms with Gasteiger partial charge >= 0.3 is 0 Å². The van der Waals surface area contributed by atoms with Gasteiger partial charge in [0.2, 0.25) is 0 Å². The van der Waals surface area contributed by atoms with E-state index in [4.69, 9.17) is 4.42 Å². The number of furan rings is 1. The van der Waals surface area contributed by atoms with Crippen molar-refractivity contribution in [3.8, 4) is 0 Å².